The van der Waals surface area contributed by atoms with E-state index in [9.17, 15) is 9.59 Å². The van der Waals surface area contributed by atoms with Crippen molar-refractivity contribution in [2.45, 2.75) is 0 Å². The molecule has 6 nitrogen and oxygen atoms in total. The van der Waals surface area contributed by atoms with Crippen molar-refractivity contribution >= 4 is 38.8 Å². The highest BCUT2D eigenvalue weighted by Crippen LogP contribution is 2.27. The number of aromatic amines is 1. The quantitative estimate of drug-likeness (QED) is 0.827. The number of aromatic nitrogens is 1. The zero-order valence-electron chi connectivity index (χ0n) is 11.2. The largest absolute Gasteiger partial charge is 0.465 e. The van der Waals surface area contributed by atoms with Crippen LogP contribution in [0.4, 0.5) is 4.79 Å². The molecule has 1 aliphatic rings. The van der Waals surface area contributed by atoms with Crippen LogP contribution in [-0.4, -0.2) is 58.1 Å². The summed E-state index contributed by atoms with van der Waals surface area (Å²) in [6.45, 7) is 1.55. The molecule has 7 heteroatoms. The second-order valence-electron chi connectivity index (χ2n) is 4.92. The number of hydrogen-bond donors (Lipinski definition) is 2. The number of rotatable bonds is 1. The molecule has 1 fully saturated rings. The Morgan fingerprint density at radius 2 is 1.76 bits per heavy atom. The minimum absolute atomic E-state index is 0.0695. The summed E-state index contributed by atoms with van der Waals surface area (Å²) in [6.07, 6.45) is 0.867. The summed E-state index contributed by atoms with van der Waals surface area (Å²) >= 11 is 3.46. The molecular weight excluding hydrogens is 338 g/mol. The molecule has 0 saturated carbocycles. The number of benzene rings is 1. The molecule has 0 aliphatic carbocycles. The number of H-pyrrole nitrogens is 1. The van der Waals surface area contributed by atoms with Crippen molar-refractivity contribution in [3.63, 3.8) is 0 Å². The van der Waals surface area contributed by atoms with Crippen molar-refractivity contribution in [1.82, 2.24) is 14.8 Å². The van der Waals surface area contributed by atoms with Crippen molar-refractivity contribution in [2.24, 2.45) is 0 Å². The maximum Gasteiger partial charge on any atom is 0.407 e. The van der Waals surface area contributed by atoms with E-state index in [4.69, 9.17) is 5.11 Å². The molecule has 0 bridgehead atoms. The van der Waals surface area contributed by atoms with Crippen molar-refractivity contribution in [1.29, 1.82) is 0 Å². The van der Waals surface area contributed by atoms with E-state index in [0.29, 0.717) is 31.7 Å². The van der Waals surface area contributed by atoms with Crippen LogP contribution in [0.15, 0.2) is 28.9 Å². The van der Waals surface area contributed by atoms with E-state index in [1.54, 1.807) is 17.2 Å². The lowest BCUT2D eigenvalue weighted by atomic mass is 10.1. The Kier molecular flexibility index (Phi) is 3.59. The van der Waals surface area contributed by atoms with E-state index in [1.807, 2.05) is 12.1 Å². The lowest BCUT2D eigenvalue weighted by molar-refractivity contribution is 0.0626. The molecule has 1 aromatic carbocycles. The van der Waals surface area contributed by atoms with Gasteiger partial charge in [0.25, 0.3) is 5.91 Å². The van der Waals surface area contributed by atoms with E-state index in [1.165, 1.54) is 4.90 Å². The number of nitrogens with one attached hydrogen (secondary N) is 1. The fourth-order valence-electron chi connectivity index (χ4n) is 2.57. The van der Waals surface area contributed by atoms with Gasteiger partial charge in [-0.05, 0) is 18.2 Å². The summed E-state index contributed by atoms with van der Waals surface area (Å²) in [6, 6.07) is 5.56. The molecule has 2 amide bonds. The number of piperazine rings is 1. The van der Waals surface area contributed by atoms with Gasteiger partial charge in [0.05, 0.1) is 11.1 Å². The van der Waals surface area contributed by atoms with Gasteiger partial charge in [-0.2, -0.15) is 0 Å². The van der Waals surface area contributed by atoms with Crippen LogP contribution >= 0.6 is 15.9 Å². The van der Waals surface area contributed by atoms with Crippen LogP contribution in [0.2, 0.25) is 0 Å². The average molecular weight is 352 g/mol. The predicted octanol–water partition coefficient (Wildman–Crippen LogP) is 2.37. The van der Waals surface area contributed by atoms with Crippen molar-refractivity contribution in [2.75, 3.05) is 26.2 Å². The summed E-state index contributed by atoms with van der Waals surface area (Å²) in [5, 5.41) is 9.90. The number of amides is 2. The normalized spacial score (nSPS) is 15.5. The molecule has 110 valence electrons. The summed E-state index contributed by atoms with van der Waals surface area (Å²) in [5.41, 5.74) is 1.41. The van der Waals surface area contributed by atoms with E-state index in [-0.39, 0.29) is 5.91 Å². The number of hydrogen-bond acceptors (Lipinski definition) is 2. The minimum atomic E-state index is -0.933. The van der Waals surface area contributed by atoms with Gasteiger partial charge in [-0.25, -0.2) is 4.79 Å². The molecular formula is C14H14BrN3O3. The van der Waals surface area contributed by atoms with Gasteiger partial charge in [-0.1, -0.05) is 15.9 Å². The molecule has 2 aromatic rings. The number of carbonyl (C=O) groups excluding carboxylic acids is 1. The Balaban J connectivity index is 1.84. The SMILES string of the molecule is O=C(O)N1CCN(C(=O)c2ccc(Br)c3cc[nH]c23)CC1. The number of fused-ring (bicyclic) bond motifs is 1. The highest BCUT2D eigenvalue weighted by Gasteiger charge is 2.25. The Morgan fingerprint density at radius 1 is 1.10 bits per heavy atom. The van der Waals surface area contributed by atoms with Gasteiger partial charge in [-0.15, -0.1) is 0 Å². The molecule has 0 spiro atoms. The fourth-order valence-corrected chi connectivity index (χ4v) is 3.03. The number of carbonyl (C=O) groups is 2. The van der Waals surface area contributed by atoms with Gasteiger partial charge in [0, 0.05) is 42.2 Å². The van der Waals surface area contributed by atoms with Gasteiger partial charge in [0.1, 0.15) is 0 Å². The Bertz CT molecular complexity index is 705. The smallest absolute Gasteiger partial charge is 0.407 e. The molecule has 1 aliphatic heterocycles. The van der Waals surface area contributed by atoms with Crippen LogP contribution in [-0.2, 0) is 0 Å². The first-order valence-corrected chi connectivity index (χ1v) is 7.40. The molecule has 0 atom stereocenters. The van der Waals surface area contributed by atoms with E-state index >= 15 is 0 Å². The first-order chi connectivity index (χ1) is 10.1. The van der Waals surface area contributed by atoms with Crippen LogP contribution in [0.5, 0.6) is 0 Å². The molecule has 2 N–H and O–H groups in total. The summed E-state index contributed by atoms with van der Waals surface area (Å²) < 4.78 is 0.936. The second kappa shape index (κ2) is 5.40. The monoisotopic (exact) mass is 351 g/mol. The first kappa shape index (κ1) is 13.9. The minimum Gasteiger partial charge on any atom is -0.465 e. The molecule has 0 radical (unpaired) electrons. The average Bonchev–Trinajstić information content (AvgIpc) is 2.97. The van der Waals surface area contributed by atoms with Gasteiger partial charge < -0.3 is 19.9 Å². The van der Waals surface area contributed by atoms with Crippen molar-refractivity contribution in [3.8, 4) is 0 Å². The second-order valence-corrected chi connectivity index (χ2v) is 5.78. The topological polar surface area (TPSA) is 76.6 Å². The van der Waals surface area contributed by atoms with Crippen molar-refractivity contribution < 1.29 is 14.7 Å². The van der Waals surface area contributed by atoms with Crippen molar-refractivity contribution in [3.05, 3.63) is 34.4 Å². The molecule has 21 heavy (non-hydrogen) atoms. The number of carboxylic acid groups (broad SMARTS) is 1. The summed E-state index contributed by atoms with van der Waals surface area (Å²) in [5.74, 6) is -0.0695. The maximum absolute atomic E-state index is 12.6. The van der Waals surface area contributed by atoms with E-state index < -0.39 is 6.09 Å². The third-order valence-electron chi connectivity index (χ3n) is 3.74. The first-order valence-electron chi connectivity index (χ1n) is 6.60. The lowest BCUT2D eigenvalue weighted by Crippen LogP contribution is -2.50. The van der Waals surface area contributed by atoms with Gasteiger partial charge in [-0.3, -0.25) is 4.79 Å². The van der Waals surface area contributed by atoms with E-state index in [2.05, 4.69) is 20.9 Å². The van der Waals surface area contributed by atoms with Gasteiger partial charge in [0.15, 0.2) is 0 Å². The maximum atomic E-state index is 12.6. The third-order valence-corrected chi connectivity index (χ3v) is 4.43. The molecule has 3 rings (SSSR count). The molecule has 0 unspecified atom stereocenters. The zero-order chi connectivity index (χ0) is 15.0. The Hall–Kier alpha value is -2.02. The van der Waals surface area contributed by atoms with Gasteiger partial charge >= 0.3 is 6.09 Å². The summed E-state index contributed by atoms with van der Waals surface area (Å²) in [4.78, 5) is 29.6. The lowest BCUT2D eigenvalue weighted by Gasteiger charge is -2.33. The molecule has 1 saturated heterocycles. The third kappa shape index (κ3) is 2.49. The number of nitrogens with zero attached hydrogens (tertiary/aromatic N) is 2. The Labute approximate surface area is 129 Å². The van der Waals surface area contributed by atoms with Crippen LogP contribution < -0.4 is 0 Å². The molecule has 1 aromatic heterocycles. The zero-order valence-corrected chi connectivity index (χ0v) is 12.8. The molecule has 2 heterocycles. The predicted molar refractivity (Wildman–Crippen MR) is 81.5 cm³/mol. The number of halogens is 1. The van der Waals surface area contributed by atoms with Crippen LogP contribution in [0.1, 0.15) is 10.4 Å². The summed E-state index contributed by atoms with van der Waals surface area (Å²) in [7, 11) is 0. The van der Waals surface area contributed by atoms with Gasteiger partial charge in [0.2, 0.25) is 0 Å². The Morgan fingerprint density at radius 3 is 2.43 bits per heavy atom. The van der Waals surface area contributed by atoms with E-state index in [0.717, 1.165) is 15.4 Å². The fraction of sp³-hybridized carbons (Fsp3) is 0.286. The van der Waals surface area contributed by atoms with Crippen LogP contribution in [0.25, 0.3) is 10.9 Å². The van der Waals surface area contributed by atoms with Crippen LogP contribution in [0.3, 0.4) is 0 Å². The highest BCUT2D eigenvalue weighted by molar-refractivity contribution is 9.10. The standard InChI is InChI=1S/C14H14BrN3O3/c15-11-2-1-10(12-9(11)3-4-16-12)13(19)17-5-7-18(8-6-17)14(20)21/h1-4,16H,5-8H2,(H,20,21). The highest BCUT2D eigenvalue weighted by atomic mass is 79.9. The van der Waals surface area contributed by atoms with Crippen LogP contribution in [0, 0.1) is 0 Å².